The highest BCUT2D eigenvalue weighted by molar-refractivity contribution is 4.92. The van der Waals surface area contributed by atoms with E-state index >= 15 is 0 Å². The molecule has 0 saturated carbocycles. The van der Waals surface area contributed by atoms with Crippen molar-refractivity contribution in [3.05, 3.63) is 16.3 Å². The summed E-state index contributed by atoms with van der Waals surface area (Å²) in [6.07, 6.45) is 6.92. The second-order valence-electron chi connectivity index (χ2n) is 5.14. The average Bonchev–Trinajstić information content (AvgIpc) is 2.68. The monoisotopic (exact) mass is 236 g/mol. The third-order valence-electron chi connectivity index (χ3n) is 3.84. The molecule has 0 aromatic carbocycles. The zero-order chi connectivity index (χ0) is 11.7. The van der Waals surface area contributed by atoms with Crippen LogP contribution in [0.1, 0.15) is 37.9 Å². The van der Waals surface area contributed by atoms with Crippen LogP contribution in [0.2, 0.25) is 0 Å². The lowest BCUT2D eigenvalue weighted by Gasteiger charge is -2.22. The predicted octanol–water partition coefficient (Wildman–Crippen LogP) is 0.523. The molecule has 1 aromatic rings. The lowest BCUT2D eigenvalue weighted by molar-refractivity contribution is 0.346. The molecule has 1 atom stereocenters. The summed E-state index contributed by atoms with van der Waals surface area (Å²) in [6, 6.07) is 0.429. The molecule has 94 valence electrons. The first kappa shape index (κ1) is 11.0. The van der Waals surface area contributed by atoms with Crippen LogP contribution in [-0.4, -0.2) is 26.9 Å². The van der Waals surface area contributed by atoms with E-state index in [2.05, 4.69) is 10.4 Å². The standard InChI is InChI=1S/C12H20N4O/c17-12-15-8-4-2-6-11(15)14-16(12)9-10-5-1-3-7-13-10/h10,13H,1-9H2. The fraction of sp³-hybridized carbons (Fsp3) is 0.833. The van der Waals surface area contributed by atoms with E-state index in [1.165, 1.54) is 12.8 Å². The highest BCUT2D eigenvalue weighted by atomic mass is 16.2. The van der Waals surface area contributed by atoms with Crippen LogP contribution in [0.3, 0.4) is 0 Å². The second-order valence-corrected chi connectivity index (χ2v) is 5.14. The summed E-state index contributed by atoms with van der Waals surface area (Å²) in [6.45, 7) is 2.66. The van der Waals surface area contributed by atoms with E-state index in [9.17, 15) is 4.79 Å². The molecule has 2 aliphatic heterocycles. The molecule has 1 unspecified atom stereocenters. The minimum atomic E-state index is 0.0899. The minimum absolute atomic E-state index is 0.0899. The van der Waals surface area contributed by atoms with Crippen LogP contribution >= 0.6 is 0 Å². The fourth-order valence-corrected chi connectivity index (χ4v) is 2.86. The van der Waals surface area contributed by atoms with Gasteiger partial charge in [0.15, 0.2) is 0 Å². The van der Waals surface area contributed by atoms with Crippen molar-refractivity contribution >= 4 is 0 Å². The summed E-state index contributed by atoms with van der Waals surface area (Å²) < 4.78 is 3.52. The second kappa shape index (κ2) is 4.64. The molecule has 3 rings (SSSR count). The van der Waals surface area contributed by atoms with Crippen LogP contribution in [-0.2, 0) is 19.5 Å². The first-order valence-corrected chi connectivity index (χ1v) is 6.74. The molecular formula is C12H20N4O. The van der Waals surface area contributed by atoms with Gasteiger partial charge in [-0.2, -0.15) is 5.10 Å². The molecule has 5 heteroatoms. The molecule has 3 heterocycles. The first-order valence-electron chi connectivity index (χ1n) is 6.74. The normalized spacial score (nSPS) is 24.6. The Morgan fingerprint density at radius 1 is 1.29 bits per heavy atom. The number of nitrogens with zero attached hydrogens (tertiary/aromatic N) is 3. The zero-order valence-corrected chi connectivity index (χ0v) is 10.2. The molecule has 17 heavy (non-hydrogen) atoms. The van der Waals surface area contributed by atoms with Crippen molar-refractivity contribution in [2.24, 2.45) is 0 Å². The van der Waals surface area contributed by atoms with Gasteiger partial charge in [-0.05, 0) is 32.2 Å². The van der Waals surface area contributed by atoms with Crippen LogP contribution in [0, 0.1) is 0 Å². The summed E-state index contributed by atoms with van der Waals surface area (Å²) in [5.74, 6) is 0.983. The van der Waals surface area contributed by atoms with E-state index in [0.717, 1.165) is 51.1 Å². The van der Waals surface area contributed by atoms with Gasteiger partial charge in [0.1, 0.15) is 5.82 Å². The van der Waals surface area contributed by atoms with Gasteiger partial charge in [-0.25, -0.2) is 9.48 Å². The number of hydrogen-bond acceptors (Lipinski definition) is 3. The van der Waals surface area contributed by atoms with Gasteiger partial charge >= 0.3 is 5.69 Å². The Labute approximate surface area is 101 Å². The quantitative estimate of drug-likeness (QED) is 0.814. The van der Waals surface area contributed by atoms with Gasteiger partial charge in [-0.1, -0.05) is 6.42 Å². The Kier molecular flexibility index (Phi) is 3.01. The third-order valence-corrected chi connectivity index (χ3v) is 3.84. The topological polar surface area (TPSA) is 51.9 Å². The minimum Gasteiger partial charge on any atom is -0.312 e. The van der Waals surface area contributed by atoms with Crippen molar-refractivity contribution in [3.8, 4) is 0 Å². The summed E-state index contributed by atoms with van der Waals surface area (Å²) in [7, 11) is 0. The summed E-state index contributed by atoms with van der Waals surface area (Å²) in [4.78, 5) is 12.1. The molecule has 0 bridgehead atoms. The molecule has 1 N–H and O–H groups in total. The molecule has 0 radical (unpaired) electrons. The molecule has 1 fully saturated rings. The van der Waals surface area contributed by atoms with E-state index in [1.807, 2.05) is 4.57 Å². The Morgan fingerprint density at radius 2 is 2.24 bits per heavy atom. The van der Waals surface area contributed by atoms with Gasteiger partial charge in [0.05, 0.1) is 6.54 Å². The summed E-state index contributed by atoms with van der Waals surface area (Å²) >= 11 is 0. The van der Waals surface area contributed by atoms with E-state index < -0.39 is 0 Å². The zero-order valence-electron chi connectivity index (χ0n) is 10.2. The van der Waals surface area contributed by atoms with Crippen molar-refractivity contribution in [2.45, 2.75) is 57.7 Å². The van der Waals surface area contributed by atoms with Crippen molar-refractivity contribution in [1.82, 2.24) is 19.7 Å². The van der Waals surface area contributed by atoms with Crippen molar-refractivity contribution in [3.63, 3.8) is 0 Å². The molecule has 2 aliphatic rings. The van der Waals surface area contributed by atoms with Crippen LogP contribution in [0.25, 0.3) is 0 Å². The van der Waals surface area contributed by atoms with Crippen LogP contribution in [0.4, 0.5) is 0 Å². The van der Waals surface area contributed by atoms with E-state index in [1.54, 1.807) is 4.68 Å². The van der Waals surface area contributed by atoms with Gasteiger partial charge in [-0.15, -0.1) is 0 Å². The summed E-state index contributed by atoms with van der Waals surface area (Å²) in [5.41, 5.74) is 0.0899. The van der Waals surface area contributed by atoms with Crippen LogP contribution < -0.4 is 11.0 Å². The number of hydrogen-bond donors (Lipinski definition) is 1. The number of aromatic nitrogens is 3. The van der Waals surface area contributed by atoms with E-state index in [4.69, 9.17) is 0 Å². The molecule has 0 amide bonds. The molecule has 1 aromatic heterocycles. The Hall–Kier alpha value is -1.10. The maximum Gasteiger partial charge on any atom is 0.345 e. The number of nitrogens with one attached hydrogen (secondary N) is 1. The van der Waals surface area contributed by atoms with Crippen molar-refractivity contribution in [2.75, 3.05) is 6.54 Å². The van der Waals surface area contributed by atoms with Gasteiger partial charge in [0, 0.05) is 19.0 Å². The Bertz CT molecular complexity index is 442. The number of rotatable bonds is 2. The van der Waals surface area contributed by atoms with Gasteiger partial charge < -0.3 is 5.32 Å². The Morgan fingerprint density at radius 3 is 3.00 bits per heavy atom. The fourth-order valence-electron chi connectivity index (χ4n) is 2.86. The SMILES string of the molecule is O=c1n(CC2CCCCN2)nc2n1CCCC2. The van der Waals surface area contributed by atoms with Gasteiger partial charge in [0.25, 0.3) is 0 Å². The van der Waals surface area contributed by atoms with Crippen LogP contribution in [0.15, 0.2) is 4.79 Å². The van der Waals surface area contributed by atoms with Gasteiger partial charge in [-0.3, -0.25) is 4.57 Å². The molecule has 0 aliphatic carbocycles. The maximum atomic E-state index is 12.1. The third kappa shape index (κ3) is 2.16. The van der Waals surface area contributed by atoms with E-state index in [0.29, 0.717) is 6.04 Å². The molecule has 5 nitrogen and oxygen atoms in total. The lowest BCUT2D eigenvalue weighted by atomic mass is 10.1. The first-order chi connectivity index (χ1) is 8.34. The number of piperidine rings is 1. The smallest absolute Gasteiger partial charge is 0.312 e. The number of fused-ring (bicyclic) bond motifs is 1. The maximum absolute atomic E-state index is 12.1. The van der Waals surface area contributed by atoms with Crippen molar-refractivity contribution in [1.29, 1.82) is 0 Å². The lowest BCUT2D eigenvalue weighted by Crippen LogP contribution is -2.40. The largest absolute Gasteiger partial charge is 0.345 e. The molecule has 0 spiro atoms. The highest BCUT2D eigenvalue weighted by Gasteiger charge is 2.19. The number of aryl methyl sites for hydroxylation is 1. The van der Waals surface area contributed by atoms with Gasteiger partial charge in [0.2, 0.25) is 0 Å². The molecule has 1 saturated heterocycles. The average molecular weight is 236 g/mol. The Balaban J connectivity index is 1.78. The predicted molar refractivity (Wildman–Crippen MR) is 65.1 cm³/mol. The van der Waals surface area contributed by atoms with Crippen molar-refractivity contribution < 1.29 is 0 Å². The molecular weight excluding hydrogens is 216 g/mol. The highest BCUT2D eigenvalue weighted by Crippen LogP contribution is 2.11. The summed E-state index contributed by atoms with van der Waals surface area (Å²) in [5, 5.41) is 7.94. The van der Waals surface area contributed by atoms with Crippen LogP contribution in [0.5, 0.6) is 0 Å². The van der Waals surface area contributed by atoms with E-state index in [-0.39, 0.29) is 5.69 Å².